The Morgan fingerprint density at radius 3 is 2.71 bits per heavy atom. The third-order valence-corrected chi connectivity index (χ3v) is 2.18. The summed E-state index contributed by atoms with van der Waals surface area (Å²) in [5.74, 6) is 1.15. The fourth-order valence-corrected chi connectivity index (χ4v) is 1.37. The molecule has 17 heavy (non-hydrogen) atoms. The lowest BCUT2D eigenvalue weighted by Gasteiger charge is -2.14. The highest BCUT2D eigenvalue weighted by molar-refractivity contribution is 5.93. The molecule has 0 radical (unpaired) electrons. The van der Waals surface area contributed by atoms with Crippen molar-refractivity contribution in [1.29, 1.82) is 0 Å². The fraction of sp³-hybridized carbons (Fsp3) is 0.300. The lowest BCUT2D eigenvalue weighted by Crippen LogP contribution is -2.27. The average molecular weight is 232 g/mol. The van der Waals surface area contributed by atoms with E-state index in [9.17, 15) is 4.79 Å². The van der Waals surface area contributed by atoms with Crippen molar-refractivity contribution in [3.8, 4) is 0 Å². The van der Waals surface area contributed by atoms with Crippen molar-refractivity contribution in [2.45, 2.75) is 13.5 Å². The van der Waals surface area contributed by atoms with Crippen molar-refractivity contribution < 1.29 is 4.79 Å². The second kappa shape index (κ2) is 4.69. The molecule has 0 spiro atoms. The third kappa shape index (κ3) is 2.63. The van der Waals surface area contributed by atoms with Crippen LogP contribution in [0.2, 0.25) is 0 Å². The molecule has 1 N–H and O–H groups in total. The highest BCUT2D eigenvalue weighted by atomic mass is 16.2. The van der Waals surface area contributed by atoms with Gasteiger partial charge in [-0.15, -0.1) is 0 Å². The summed E-state index contributed by atoms with van der Waals surface area (Å²) in [6, 6.07) is 0. The molecule has 0 unspecified atom stereocenters. The molecule has 1 amide bonds. The minimum absolute atomic E-state index is 0.159. The maximum Gasteiger partial charge on any atom is 0.257 e. The molecule has 2 heterocycles. The van der Waals surface area contributed by atoms with Crippen molar-refractivity contribution in [1.82, 2.24) is 30.0 Å². The van der Waals surface area contributed by atoms with Crippen LogP contribution in [0.1, 0.15) is 22.0 Å². The summed E-state index contributed by atoms with van der Waals surface area (Å²) < 4.78 is 0. The van der Waals surface area contributed by atoms with Crippen molar-refractivity contribution in [3.63, 3.8) is 0 Å². The first kappa shape index (κ1) is 11.2. The Labute approximate surface area is 97.9 Å². The molecular formula is C10H12N6O. The van der Waals surface area contributed by atoms with Crippen LogP contribution in [0, 0.1) is 6.92 Å². The zero-order valence-electron chi connectivity index (χ0n) is 9.58. The normalized spacial score (nSPS) is 10.2. The maximum absolute atomic E-state index is 11.9. The molecule has 7 heteroatoms. The Kier molecular flexibility index (Phi) is 3.08. The average Bonchev–Trinajstić information content (AvgIpc) is 2.75. The molecule has 7 nitrogen and oxygen atoms in total. The van der Waals surface area contributed by atoms with Crippen molar-refractivity contribution in [2.24, 2.45) is 0 Å². The van der Waals surface area contributed by atoms with E-state index in [1.54, 1.807) is 7.05 Å². The molecule has 0 saturated heterocycles. The first-order valence-corrected chi connectivity index (χ1v) is 5.05. The molecule has 2 aromatic rings. The molecular weight excluding hydrogens is 220 g/mol. The monoisotopic (exact) mass is 232 g/mol. The predicted molar refractivity (Wildman–Crippen MR) is 58.9 cm³/mol. The number of aryl methyl sites for hydroxylation is 1. The number of H-pyrrole nitrogens is 1. The van der Waals surface area contributed by atoms with E-state index >= 15 is 0 Å². The third-order valence-electron chi connectivity index (χ3n) is 2.18. The van der Waals surface area contributed by atoms with E-state index in [2.05, 4.69) is 25.1 Å². The number of nitrogens with one attached hydrogen (secondary N) is 1. The van der Waals surface area contributed by atoms with E-state index < -0.39 is 0 Å². The van der Waals surface area contributed by atoms with Gasteiger partial charge >= 0.3 is 0 Å². The van der Waals surface area contributed by atoms with Crippen LogP contribution in [0.4, 0.5) is 0 Å². The SMILES string of the molecule is Cc1nc(CN(C)C(=O)c2cncnc2)n[nH]1. The fourth-order valence-electron chi connectivity index (χ4n) is 1.37. The number of nitrogens with zero attached hydrogens (tertiary/aromatic N) is 5. The Morgan fingerprint density at radius 1 is 1.41 bits per heavy atom. The van der Waals surface area contributed by atoms with E-state index in [-0.39, 0.29) is 5.91 Å². The lowest BCUT2D eigenvalue weighted by atomic mass is 10.3. The summed E-state index contributed by atoms with van der Waals surface area (Å²) in [7, 11) is 1.68. The van der Waals surface area contributed by atoms with Gasteiger partial charge in [0.15, 0.2) is 5.82 Å². The van der Waals surface area contributed by atoms with Crippen LogP contribution < -0.4 is 0 Å². The highest BCUT2D eigenvalue weighted by Gasteiger charge is 2.14. The number of amides is 1. The largest absolute Gasteiger partial charge is 0.334 e. The van der Waals surface area contributed by atoms with Crippen LogP contribution in [0.3, 0.4) is 0 Å². The van der Waals surface area contributed by atoms with E-state index in [0.29, 0.717) is 17.9 Å². The summed E-state index contributed by atoms with van der Waals surface area (Å²) >= 11 is 0. The van der Waals surface area contributed by atoms with Gasteiger partial charge in [0.25, 0.3) is 5.91 Å². The van der Waals surface area contributed by atoms with Crippen LogP contribution in [0.25, 0.3) is 0 Å². The van der Waals surface area contributed by atoms with Gasteiger partial charge in [0.05, 0.1) is 12.1 Å². The summed E-state index contributed by atoms with van der Waals surface area (Å²) in [5, 5.41) is 6.70. The molecule has 0 aliphatic rings. The first-order chi connectivity index (χ1) is 8.16. The maximum atomic E-state index is 11.9. The first-order valence-electron chi connectivity index (χ1n) is 5.05. The minimum atomic E-state index is -0.159. The highest BCUT2D eigenvalue weighted by Crippen LogP contribution is 2.03. The van der Waals surface area contributed by atoms with Gasteiger partial charge in [-0.25, -0.2) is 15.0 Å². The Bertz CT molecular complexity index is 509. The summed E-state index contributed by atoms with van der Waals surface area (Å²) in [6.45, 7) is 2.15. The van der Waals surface area contributed by atoms with Crippen LogP contribution >= 0.6 is 0 Å². The Balaban J connectivity index is 2.06. The molecule has 2 rings (SSSR count). The molecule has 0 fully saturated rings. The molecule has 0 aliphatic carbocycles. The van der Waals surface area contributed by atoms with Crippen LogP contribution in [0.5, 0.6) is 0 Å². The second-order valence-corrected chi connectivity index (χ2v) is 3.63. The van der Waals surface area contributed by atoms with E-state index in [0.717, 1.165) is 5.82 Å². The van der Waals surface area contributed by atoms with E-state index in [1.165, 1.54) is 23.6 Å². The van der Waals surface area contributed by atoms with Gasteiger partial charge in [-0.05, 0) is 6.92 Å². The smallest absolute Gasteiger partial charge is 0.257 e. The second-order valence-electron chi connectivity index (χ2n) is 3.63. The van der Waals surface area contributed by atoms with Crippen molar-refractivity contribution in [2.75, 3.05) is 7.05 Å². The standard InChI is InChI=1S/C10H12N6O/c1-7-13-9(15-14-7)5-16(2)10(17)8-3-11-6-12-4-8/h3-4,6H,5H2,1-2H3,(H,13,14,15). The number of aromatic nitrogens is 5. The van der Waals surface area contributed by atoms with Gasteiger partial charge in [-0.3, -0.25) is 9.89 Å². The number of aromatic amines is 1. The molecule has 0 aromatic carbocycles. The number of hydrogen-bond donors (Lipinski definition) is 1. The minimum Gasteiger partial charge on any atom is -0.334 e. The zero-order valence-corrected chi connectivity index (χ0v) is 9.58. The summed E-state index contributed by atoms with van der Waals surface area (Å²) in [5.41, 5.74) is 0.447. The van der Waals surface area contributed by atoms with Gasteiger partial charge in [-0.2, -0.15) is 5.10 Å². The zero-order chi connectivity index (χ0) is 12.3. The lowest BCUT2D eigenvalue weighted by molar-refractivity contribution is 0.0781. The van der Waals surface area contributed by atoms with Crippen LogP contribution in [0.15, 0.2) is 18.7 Å². The van der Waals surface area contributed by atoms with E-state index in [4.69, 9.17) is 0 Å². The number of rotatable bonds is 3. The van der Waals surface area contributed by atoms with Gasteiger partial charge in [0.2, 0.25) is 0 Å². The molecule has 0 bridgehead atoms. The van der Waals surface area contributed by atoms with Gasteiger partial charge < -0.3 is 4.90 Å². The van der Waals surface area contributed by atoms with Gasteiger partial charge in [0, 0.05) is 19.4 Å². The molecule has 88 valence electrons. The van der Waals surface area contributed by atoms with Gasteiger partial charge in [-0.1, -0.05) is 0 Å². The molecule has 0 aliphatic heterocycles. The van der Waals surface area contributed by atoms with Gasteiger partial charge in [0.1, 0.15) is 12.2 Å². The molecule has 2 aromatic heterocycles. The summed E-state index contributed by atoms with van der Waals surface area (Å²) in [6.07, 6.45) is 4.35. The molecule has 0 saturated carbocycles. The van der Waals surface area contributed by atoms with Crippen LogP contribution in [-0.4, -0.2) is 43.0 Å². The summed E-state index contributed by atoms with van der Waals surface area (Å²) in [4.78, 5) is 25.2. The molecule has 0 atom stereocenters. The number of carbonyl (C=O) groups excluding carboxylic acids is 1. The topological polar surface area (TPSA) is 87.7 Å². The number of carbonyl (C=O) groups is 1. The van der Waals surface area contributed by atoms with Crippen molar-refractivity contribution >= 4 is 5.91 Å². The van der Waals surface area contributed by atoms with Crippen molar-refractivity contribution in [3.05, 3.63) is 35.9 Å². The van der Waals surface area contributed by atoms with Crippen LogP contribution in [-0.2, 0) is 6.54 Å². The quantitative estimate of drug-likeness (QED) is 0.815. The Morgan fingerprint density at radius 2 is 2.12 bits per heavy atom. The predicted octanol–water partition coefficient (Wildman–Crippen LogP) is 0.175. The Hall–Kier alpha value is -2.31. The number of hydrogen-bond acceptors (Lipinski definition) is 5. The van der Waals surface area contributed by atoms with E-state index in [1.807, 2.05) is 6.92 Å².